The van der Waals surface area contributed by atoms with E-state index in [2.05, 4.69) is 23.6 Å². The Labute approximate surface area is 128 Å². The summed E-state index contributed by atoms with van der Waals surface area (Å²) in [4.78, 5) is 17.1. The van der Waals surface area contributed by atoms with E-state index in [1.54, 1.807) is 0 Å². The molecule has 2 fully saturated rings. The Kier molecular flexibility index (Phi) is 5.63. The molecule has 3 unspecified atom stereocenters. The maximum absolute atomic E-state index is 12.0. The number of hydrogen-bond donors (Lipinski definition) is 1. The van der Waals surface area contributed by atoms with E-state index < -0.39 is 5.54 Å². The highest BCUT2D eigenvalue weighted by Gasteiger charge is 2.46. The first kappa shape index (κ1) is 16.7. The van der Waals surface area contributed by atoms with Gasteiger partial charge in [0.2, 0.25) is 0 Å². The van der Waals surface area contributed by atoms with Crippen LogP contribution in [0, 0.1) is 0 Å². The smallest absolute Gasteiger partial charge is 0.326 e. The van der Waals surface area contributed by atoms with Gasteiger partial charge in [0.15, 0.2) is 0 Å². The van der Waals surface area contributed by atoms with Crippen LogP contribution < -0.4 is 5.73 Å². The van der Waals surface area contributed by atoms with E-state index in [1.165, 1.54) is 6.42 Å². The van der Waals surface area contributed by atoms with Gasteiger partial charge < -0.3 is 10.5 Å². The molecule has 1 saturated carbocycles. The van der Waals surface area contributed by atoms with E-state index >= 15 is 0 Å². The van der Waals surface area contributed by atoms with Crippen LogP contribution in [0.1, 0.15) is 46.5 Å². The Morgan fingerprint density at radius 3 is 2.67 bits per heavy atom. The zero-order valence-electron chi connectivity index (χ0n) is 13.8. The summed E-state index contributed by atoms with van der Waals surface area (Å²) >= 11 is 0. The molecule has 5 nitrogen and oxygen atoms in total. The van der Waals surface area contributed by atoms with Gasteiger partial charge in [0, 0.05) is 25.2 Å². The Balaban J connectivity index is 1.89. The number of ether oxygens (including phenoxy) is 1. The summed E-state index contributed by atoms with van der Waals surface area (Å²) in [6.07, 6.45) is 3.75. The molecule has 2 rings (SSSR count). The van der Waals surface area contributed by atoms with E-state index in [-0.39, 0.29) is 5.97 Å². The van der Waals surface area contributed by atoms with Crippen LogP contribution in [0.4, 0.5) is 0 Å². The number of nitrogens with zero attached hydrogens (tertiary/aromatic N) is 2. The van der Waals surface area contributed by atoms with Gasteiger partial charge in [0.25, 0.3) is 0 Å². The van der Waals surface area contributed by atoms with Gasteiger partial charge in [-0.1, -0.05) is 13.8 Å². The van der Waals surface area contributed by atoms with Crippen molar-refractivity contribution >= 4 is 5.97 Å². The molecule has 3 atom stereocenters. The number of hydrogen-bond acceptors (Lipinski definition) is 5. The summed E-state index contributed by atoms with van der Waals surface area (Å²) in [7, 11) is 0. The maximum atomic E-state index is 12.0. The molecule has 1 aliphatic carbocycles. The summed E-state index contributed by atoms with van der Waals surface area (Å²) in [5.74, 6) is -0.216. The minimum Gasteiger partial charge on any atom is -0.465 e. The van der Waals surface area contributed by atoms with Gasteiger partial charge in [-0.15, -0.1) is 0 Å². The van der Waals surface area contributed by atoms with Crippen molar-refractivity contribution in [2.24, 2.45) is 5.73 Å². The summed E-state index contributed by atoms with van der Waals surface area (Å²) < 4.78 is 5.14. The van der Waals surface area contributed by atoms with Gasteiger partial charge in [-0.05, 0) is 45.7 Å². The SMILES string of the molecule is CCOC(=O)C1(N)CCC(N2CCC(N(CC)CC)C2)C1. The second-order valence-corrected chi connectivity index (χ2v) is 6.43. The molecule has 1 saturated heterocycles. The summed E-state index contributed by atoms with van der Waals surface area (Å²) in [6.45, 7) is 11.2. The van der Waals surface area contributed by atoms with Crippen molar-refractivity contribution < 1.29 is 9.53 Å². The molecule has 2 N–H and O–H groups in total. The van der Waals surface area contributed by atoms with E-state index in [4.69, 9.17) is 10.5 Å². The van der Waals surface area contributed by atoms with Crippen molar-refractivity contribution in [3.63, 3.8) is 0 Å². The van der Waals surface area contributed by atoms with Gasteiger partial charge >= 0.3 is 5.97 Å². The fraction of sp³-hybridized carbons (Fsp3) is 0.938. The lowest BCUT2D eigenvalue weighted by molar-refractivity contribution is -0.149. The van der Waals surface area contributed by atoms with Gasteiger partial charge in [0.1, 0.15) is 5.54 Å². The minimum absolute atomic E-state index is 0.216. The zero-order chi connectivity index (χ0) is 15.5. The van der Waals surface area contributed by atoms with Gasteiger partial charge in [-0.2, -0.15) is 0 Å². The average Bonchev–Trinajstić information content (AvgIpc) is 3.08. The summed E-state index contributed by atoms with van der Waals surface area (Å²) in [5, 5.41) is 0. The first-order chi connectivity index (χ1) is 10.0. The van der Waals surface area contributed by atoms with Crippen LogP contribution >= 0.6 is 0 Å². The molecule has 0 bridgehead atoms. The van der Waals surface area contributed by atoms with Crippen LogP contribution in [-0.4, -0.2) is 66.2 Å². The molecule has 0 amide bonds. The highest BCUT2D eigenvalue weighted by Crippen LogP contribution is 2.34. The number of likely N-dealkylation sites (tertiary alicyclic amines) is 1. The van der Waals surface area contributed by atoms with E-state index in [0.717, 1.165) is 45.4 Å². The average molecular weight is 297 g/mol. The standard InChI is InChI=1S/C16H31N3O2/c1-4-18(5-2)14-8-10-19(12-14)13-7-9-16(17,11-13)15(20)21-6-3/h13-14H,4-12,17H2,1-3H3. The van der Waals surface area contributed by atoms with E-state index in [0.29, 0.717) is 18.7 Å². The summed E-state index contributed by atoms with van der Waals surface area (Å²) in [6, 6.07) is 1.11. The third-order valence-corrected chi connectivity index (χ3v) is 5.25. The fourth-order valence-electron chi connectivity index (χ4n) is 3.96. The van der Waals surface area contributed by atoms with Crippen LogP contribution in [0.15, 0.2) is 0 Å². The maximum Gasteiger partial charge on any atom is 0.326 e. The molecule has 21 heavy (non-hydrogen) atoms. The molecule has 5 heteroatoms. The second-order valence-electron chi connectivity index (χ2n) is 6.43. The molecular formula is C16H31N3O2. The molecule has 0 aromatic rings. The second kappa shape index (κ2) is 7.07. The molecule has 0 aromatic carbocycles. The van der Waals surface area contributed by atoms with Crippen molar-refractivity contribution in [1.29, 1.82) is 0 Å². The van der Waals surface area contributed by atoms with E-state index in [9.17, 15) is 4.79 Å². The van der Waals surface area contributed by atoms with Gasteiger partial charge in [0.05, 0.1) is 6.61 Å². The number of rotatable bonds is 6. The third kappa shape index (κ3) is 3.58. The van der Waals surface area contributed by atoms with Crippen molar-refractivity contribution in [3.05, 3.63) is 0 Å². The van der Waals surface area contributed by atoms with E-state index in [1.807, 2.05) is 6.92 Å². The number of nitrogens with two attached hydrogens (primary N) is 1. The highest BCUT2D eigenvalue weighted by molar-refractivity contribution is 5.81. The number of esters is 1. The lowest BCUT2D eigenvalue weighted by atomic mass is 9.99. The van der Waals surface area contributed by atoms with Crippen LogP contribution in [0.2, 0.25) is 0 Å². The summed E-state index contributed by atoms with van der Waals surface area (Å²) in [5.41, 5.74) is 5.53. The van der Waals surface area contributed by atoms with Crippen molar-refractivity contribution in [2.75, 3.05) is 32.8 Å². The lowest BCUT2D eigenvalue weighted by Crippen LogP contribution is -2.48. The monoisotopic (exact) mass is 297 g/mol. The molecule has 0 spiro atoms. The normalized spacial score (nSPS) is 33.8. The third-order valence-electron chi connectivity index (χ3n) is 5.25. The number of carbonyl (C=O) groups is 1. The molecule has 1 heterocycles. The van der Waals surface area contributed by atoms with Crippen molar-refractivity contribution in [1.82, 2.24) is 9.80 Å². The van der Waals surface area contributed by atoms with Gasteiger partial charge in [-0.3, -0.25) is 14.6 Å². The van der Waals surface area contributed by atoms with Crippen molar-refractivity contribution in [3.8, 4) is 0 Å². The Morgan fingerprint density at radius 2 is 2.05 bits per heavy atom. The number of likely N-dealkylation sites (N-methyl/N-ethyl adjacent to an activating group) is 1. The number of carbonyl (C=O) groups excluding carboxylic acids is 1. The fourth-order valence-corrected chi connectivity index (χ4v) is 3.96. The molecule has 2 aliphatic rings. The Hall–Kier alpha value is -0.650. The first-order valence-electron chi connectivity index (χ1n) is 8.48. The van der Waals surface area contributed by atoms with Crippen LogP contribution in [0.3, 0.4) is 0 Å². The lowest BCUT2D eigenvalue weighted by Gasteiger charge is -2.29. The van der Waals surface area contributed by atoms with Crippen LogP contribution in [-0.2, 0) is 9.53 Å². The quantitative estimate of drug-likeness (QED) is 0.747. The topological polar surface area (TPSA) is 58.8 Å². The first-order valence-corrected chi connectivity index (χ1v) is 8.48. The predicted molar refractivity (Wildman–Crippen MR) is 84.1 cm³/mol. The molecule has 0 aromatic heterocycles. The Bertz CT molecular complexity index is 359. The van der Waals surface area contributed by atoms with Crippen LogP contribution in [0.5, 0.6) is 0 Å². The molecule has 122 valence electrons. The predicted octanol–water partition coefficient (Wildman–Crippen LogP) is 1.22. The molecule has 0 radical (unpaired) electrons. The van der Waals surface area contributed by atoms with Gasteiger partial charge in [-0.25, -0.2) is 0 Å². The Morgan fingerprint density at radius 1 is 1.33 bits per heavy atom. The van der Waals surface area contributed by atoms with Crippen molar-refractivity contribution in [2.45, 2.75) is 64.1 Å². The minimum atomic E-state index is -0.756. The zero-order valence-corrected chi connectivity index (χ0v) is 13.8. The largest absolute Gasteiger partial charge is 0.465 e. The highest BCUT2D eigenvalue weighted by atomic mass is 16.5. The molecular weight excluding hydrogens is 266 g/mol. The molecule has 1 aliphatic heterocycles. The van der Waals surface area contributed by atoms with Crippen LogP contribution in [0.25, 0.3) is 0 Å².